The zero-order valence-corrected chi connectivity index (χ0v) is 11.7. The Bertz CT molecular complexity index is 316. The van der Waals surface area contributed by atoms with Gasteiger partial charge in [-0.05, 0) is 25.2 Å². The third kappa shape index (κ3) is 4.70. The molecule has 19 heavy (non-hydrogen) atoms. The quantitative estimate of drug-likeness (QED) is 0.724. The van der Waals surface area contributed by atoms with Gasteiger partial charge in [0.25, 0.3) is 0 Å². The number of amides is 2. The Morgan fingerprint density at radius 1 is 1.32 bits per heavy atom. The second-order valence-electron chi connectivity index (χ2n) is 5.45. The predicted molar refractivity (Wildman–Crippen MR) is 70.9 cm³/mol. The third-order valence-corrected chi connectivity index (χ3v) is 3.28. The fraction of sp³-hybridized carbons (Fsp3) is 0.846. The van der Waals surface area contributed by atoms with Crippen molar-refractivity contribution in [1.29, 1.82) is 0 Å². The number of carbonyl (C=O) groups is 2. The lowest BCUT2D eigenvalue weighted by atomic mass is 9.91. The molecule has 2 N–H and O–H groups in total. The van der Waals surface area contributed by atoms with E-state index in [-0.39, 0.29) is 37.7 Å². The molecule has 1 rings (SSSR count). The SMILES string of the molecule is CC(C)CN(CC(=O)O)C(=O)N(CCO)C1CCC1. The Hall–Kier alpha value is -1.30. The maximum absolute atomic E-state index is 12.4. The molecule has 0 aromatic rings. The van der Waals surface area contributed by atoms with Gasteiger partial charge in [0.05, 0.1) is 6.61 Å². The topological polar surface area (TPSA) is 81.1 Å². The molecule has 0 spiro atoms. The number of hydrogen-bond donors (Lipinski definition) is 2. The molecule has 0 bridgehead atoms. The van der Waals surface area contributed by atoms with E-state index >= 15 is 0 Å². The second kappa shape index (κ2) is 7.33. The number of carbonyl (C=O) groups excluding carboxylic acids is 1. The van der Waals surface area contributed by atoms with Gasteiger partial charge in [-0.1, -0.05) is 13.8 Å². The zero-order valence-electron chi connectivity index (χ0n) is 11.7. The highest BCUT2D eigenvalue weighted by atomic mass is 16.4. The van der Waals surface area contributed by atoms with E-state index in [2.05, 4.69) is 0 Å². The van der Waals surface area contributed by atoms with Crippen molar-refractivity contribution in [2.75, 3.05) is 26.2 Å². The highest BCUT2D eigenvalue weighted by molar-refractivity contribution is 5.80. The van der Waals surface area contributed by atoms with Gasteiger partial charge in [-0.3, -0.25) is 4.79 Å². The average Bonchev–Trinajstić information content (AvgIpc) is 2.23. The highest BCUT2D eigenvalue weighted by Crippen LogP contribution is 2.25. The van der Waals surface area contributed by atoms with Crippen molar-refractivity contribution in [3.8, 4) is 0 Å². The van der Waals surface area contributed by atoms with Crippen molar-refractivity contribution < 1.29 is 19.8 Å². The highest BCUT2D eigenvalue weighted by Gasteiger charge is 2.32. The van der Waals surface area contributed by atoms with E-state index in [1.807, 2.05) is 13.8 Å². The van der Waals surface area contributed by atoms with Crippen LogP contribution in [0.2, 0.25) is 0 Å². The van der Waals surface area contributed by atoms with E-state index in [1.165, 1.54) is 4.90 Å². The van der Waals surface area contributed by atoms with Gasteiger partial charge in [0.1, 0.15) is 6.54 Å². The lowest BCUT2D eigenvalue weighted by Gasteiger charge is -2.40. The second-order valence-corrected chi connectivity index (χ2v) is 5.45. The summed E-state index contributed by atoms with van der Waals surface area (Å²) in [6.07, 6.45) is 2.96. The Kier molecular flexibility index (Phi) is 6.08. The molecule has 1 aliphatic carbocycles. The summed E-state index contributed by atoms with van der Waals surface area (Å²) in [5, 5.41) is 18.0. The molecule has 2 amide bonds. The van der Waals surface area contributed by atoms with Crippen molar-refractivity contribution in [2.24, 2.45) is 5.92 Å². The molecule has 0 saturated heterocycles. The van der Waals surface area contributed by atoms with Crippen molar-refractivity contribution in [1.82, 2.24) is 9.80 Å². The number of nitrogens with zero attached hydrogens (tertiary/aromatic N) is 2. The van der Waals surface area contributed by atoms with E-state index in [0.29, 0.717) is 6.54 Å². The molecule has 110 valence electrons. The summed E-state index contributed by atoms with van der Waals surface area (Å²) in [5.74, 6) is -0.799. The van der Waals surface area contributed by atoms with Gasteiger partial charge < -0.3 is 20.0 Å². The minimum atomic E-state index is -1.01. The van der Waals surface area contributed by atoms with Crippen LogP contribution in [0.5, 0.6) is 0 Å². The first-order chi connectivity index (χ1) is 8.95. The molecular weight excluding hydrogens is 248 g/mol. The Balaban J connectivity index is 2.72. The van der Waals surface area contributed by atoms with Crippen LogP contribution in [0, 0.1) is 5.92 Å². The monoisotopic (exact) mass is 272 g/mol. The molecule has 0 aromatic carbocycles. The number of carboxylic acids is 1. The summed E-state index contributed by atoms with van der Waals surface area (Å²) in [5.41, 5.74) is 0. The van der Waals surface area contributed by atoms with E-state index in [0.717, 1.165) is 19.3 Å². The molecule has 1 saturated carbocycles. The maximum atomic E-state index is 12.4. The van der Waals surface area contributed by atoms with E-state index in [9.17, 15) is 9.59 Å². The van der Waals surface area contributed by atoms with E-state index < -0.39 is 5.97 Å². The first-order valence-electron chi connectivity index (χ1n) is 6.84. The minimum Gasteiger partial charge on any atom is -0.480 e. The van der Waals surface area contributed by atoms with Crippen molar-refractivity contribution in [2.45, 2.75) is 39.2 Å². The minimum absolute atomic E-state index is 0.0924. The molecule has 1 fully saturated rings. The number of carboxylic acid groups (broad SMARTS) is 1. The summed E-state index contributed by atoms with van der Waals surface area (Å²) in [7, 11) is 0. The van der Waals surface area contributed by atoms with Gasteiger partial charge in [-0.25, -0.2) is 4.79 Å². The van der Waals surface area contributed by atoms with Crippen LogP contribution in [0.1, 0.15) is 33.1 Å². The number of aliphatic hydroxyl groups is 1. The van der Waals surface area contributed by atoms with Gasteiger partial charge in [0, 0.05) is 19.1 Å². The third-order valence-electron chi connectivity index (χ3n) is 3.28. The standard InChI is InChI=1S/C13H24N2O4/c1-10(2)8-14(9-12(17)18)13(19)15(6-7-16)11-4-3-5-11/h10-11,16H,3-9H2,1-2H3,(H,17,18). The Morgan fingerprint density at radius 3 is 2.32 bits per heavy atom. The van der Waals surface area contributed by atoms with Gasteiger partial charge in [-0.2, -0.15) is 0 Å². The van der Waals surface area contributed by atoms with Crippen LogP contribution < -0.4 is 0 Å². The summed E-state index contributed by atoms with van der Waals surface area (Å²) in [6.45, 7) is 4.21. The normalized spacial score (nSPS) is 15.2. The molecule has 0 atom stereocenters. The smallest absolute Gasteiger partial charge is 0.323 e. The first kappa shape index (κ1) is 15.8. The number of aliphatic carboxylic acids is 1. The largest absolute Gasteiger partial charge is 0.480 e. The summed E-state index contributed by atoms with van der Waals surface area (Å²) in [4.78, 5) is 26.3. The van der Waals surface area contributed by atoms with Gasteiger partial charge in [-0.15, -0.1) is 0 Å². The van der Waals surface area contributed by atoms with Crippen molar-refractivity contribution in [3.63, 3.8) is 0 Å². The lowest BCUT2D eigenvalue weighted by Crippen LogP contribution is -2.53. The molecule has 0 aliphatic heterocycles. The van der Waals surface area contributed by atoms with E-state index in [1.54, 1.807) is 4.90 Å². The van der Waals surface area contributed by atoms with Crippen LogP contribution in [0.4, 0.5) is 4.79 Å². The summed E-state index contributed by atoms with van der Waals surface area (Å²) < 4.78 is 0. The van der Waals surface area contributed by atoms with Crippen LogP contribution in [0.3, 0.4) is 0 Å². The number of aliphatic hydroxyl groups excluding tert-OH is 1. The molecular formula is C13H24N2O4. The van der Waals surface area contributed by atoms with Crippen molar-refractivity contribution in [3.05, 3.63) is 0 Å². The Labute approximate surface area is 114 Å². The molecule has 0 heterocycles. The summed E-state index contributed by atoms with van der Waals surface area (Å²) >= 11 is 0. The van der Waals surface area contributed by atoms with Crippen LogP contribution in [0.15, 0.2) is 0 Å². The van der Waals surface area contributed by atoms with Crippen LogP contribution in [-0.2, 0) is 4.79 Å². The molecule has 1 aliphatic rings. The van der Waals surface area contributed by atoms with Gasteiger partial charge in [0.2, 0.25) is 0 Å². The molecule has 6 nitrogen and oxygen atoms in total. The average molecular weight is 272 g/mol. The van der Waals surface area contributed by atoms with Crippen LogP contribution >= 0.6 is 0 Å². The van der Waals surface area contributed by atoms with Crippen LogP contribution in [-0.4, -0.2) is 64.3 Å². The number of hydrogen-bond acceptors (Lipinski definition) is 3. The number of rotatable bonds is 7. The van der Waals surface area contributed by atoms with Gasteiger partial charge >= 0.3 is 12.0 Å². The fourth-order valence-electron chi connectivity index (χ4n) is 2.24. The summed E-state index contributed by atoms with van der Waals surface area (Å²) in [6, 6.07) is -0.113. The fourth-order valence-corrected chi connectivity index (χ4v) is 2.24. The van der Waals surface area contributed by atoms with Crippen molar-refractivity contribution >= 4 is 12.0 Å². The first-order valence-corrected chi connectivity index (χ1v) is 6.84. The molecule has 0 aromatic heterocycles. The Morgan fingerprint density at radius 2 is 1.95 bits per heavy atom. The van der Waals surface area contributed by atoms with E-state index in [4.69, 9.17) is 10.2 Å². The lowest BCUT2D eigenvalue weighted by molar-refractivity contribution is -0.137. The van der Waals surface area contributed by atoms with Gasteiger partial charge in [0.15, 0.2) is 0 Å². The number of urea groups is 1. The molecule has 0 radical (unpaired) electrons. The molecule has 0 unspecified atom stereocenters. The molecule has 6 heteroatoms. The predicted octanol–water partition coefficient (Wildman–Crippen LogP) is 0.996. The van der Waals surface area contributed by atoms with Crippen LogP contribution in [0.25, 0.3) is 0 Å². The maximum Gasteiger partial charge on any atom is 0.323 e. The zero-order chi connectivity index (χ0) is 14.4.